The zero-order valence-electron chi connectivity index (χ0n) is 37.3. The number of ether oxygens (including phenoxy) is 2. The number of aliphatic hydroxyl groups is 5. The third-order valence-electron chi connectivity index (χ3n) is 9.41. The molecule has 0 saturated heterocycles. The predicted octanol–water partition coefficient (Wildman–Crippen LogP) is 8.61. The number of aliphatic hydroxyl groups excluding tert-OH is 5. The number of allylic oxidation sites excluding steroid dienone is 20. The van der Waals surface area contributed by atoms with Crippen LogP contribution in [0.15, 0.2) is 122 Å². The molecule has 14 heteroatoms. The van der Waals surface area contributed by atoms with Crippen LogP contribution in [0, 0.1) is 0 Å². The second-order valence-corrected chi connectivity index (χ2v) is 16.3. The third-order valence-corrected chi connectivity index (χ3v) is 10.4. The van der Waals surface area contributed by atoms with E-state index in [9.17, 15) is 44.6 Å². The van der Waals surface area contributed by atoms with E-state index in [1.54, 1.807) is 0 Å². The maximum Gasteiger partial charge on any atom is 0.472 e. The number of carbonyl (C=O) groups is 2. The molecular weight excluding hydrogens is 827 g/mol. The van der Waals surface area contributed by atoms with Gasteiger partial charge in [-0.05, 0) is 70.6 Å². The Labute approximate surface area is 375 Å². The summed E-state index contributed by atoms with van der Waals surface area (Å²) in [6.07, 6.45) is 39.8. The van der Waals surface area contributed by atoms with Crippen molar-refractivity contribution in [1.29, 1.82) is 0 Å². The van der Waals surface area contributed by atoms with Crippen molar-refractivity contribution in [3.05, 3.63) is 122 Å². The van der Waals surface area contributed by atoms with Gasteiger partial charge >= 0.3 is 19.8 Å². The van der Waals surface area contributed by atoms with Crippen LogP contribution in [0.3, 0.4) is 0 Å². The van der Waals surface area contributed by atoms with Gasteiger partial charge in [-0.2, -0.15) is 0 Å². The fourth-order valence-corrected chi connectivity index (χ4v) is 6.82. The van der Waals surface area contributed by atoms with Crippen molar-refractivity contribution < 1.29 is 63.1 Å². The van der Waals surface area contributed by atoms with Crippen LogP contribution in [0.2, 0.25) is 0 Å². The van der Waals surface area contributed by atoms with Gasteiger partial charge in [0.25, 0.3) is 0 Å². The Morgan fingerprint density at radius 1 is 0.508 bits per heavy atom. The molecule has 63 heavy (non-hydrogen) atoms. The van der Waals surface area contributed by atoms with Crippen LogP contribution in [0.25, 0.3) is 0 Å². The molecule has 0 spiro atoms. The summed E-state index contributed by atoms with van der Waals surface area (Å²) in [4.78, 5) is 35.6. The molecule has 0 radical (unpaired) electrons. The standard InChI is InChI=1S/C49H75O13P/c1-3-5-7-9-11-13-15-17-19-20-21-22-24-26-28-30-32-34-36-38-43(51)61-41(40-60-63(57,58)62-49-47(55)45(53)44(52)46(54)48(49)56)39-59-42(50)37-35-33-31-29-27-25-23-18-16-14-12-10-8-6-4-2/h5-8,10-14,16-19,21-23,26,28,32,34,41,44-49,52-56H,3-4,9,15,20,24-25,27,29-31,33,35-40H2,1-2H3,(H,57,58)/b7-5+,8-6+,12-10+,13-11+,16-14+,19-17+,22-21+,23-18+,28-26+,34-32+/t41-,44?,45-,46?,47?,48?,49?/m1/s1. The van der Waals surface area contributed by atoms with Gasteiger partial charge in [0.1, 0.15) is 43.2 Å². The number of esters is 2. The van der Waals surface area contributed by atoms with Gasteiger partial charge in [-0.15, -0.1) is 0 Å². The molecule has 0 heterocycles. The van der Waals surface area contributed by atoms with E-state index in [0.717, 1.165) is 70.6 Å². The molecule has 1 aliphatic carbocycles. The zero-order chi connectivity index (χ0) is 46.4. The van der Waals surface area contributed by atoms with Crippen molar-refractivity contribution in [2.45, 2.75) is 159 Å². The van der Waals surface area contributed by atoms with Crippen molar-refractivity contribution in [2.75, 3.05) is 13.2 Å². The van der Waals surface area contributed by atoms with Gasteiger partial charge < -0.3 is 39.9 Å². The van der Waals surface area contributed by atoms with E-state index in [0.29, 0.717) is 19.3 Å². The quantitative estimate of drug-likeness (QED) is 0.0118. The van der Waals surface area contributed by atoms with Gasteiger partial charge in [0.2, 0.25) is 0 Å². The van der Waals surface area contributed by atoms with Crippen LogP contribution >= 0.6 is 7.82 Å². The minimum Gasteiger partial charge on any atom is -0.462 e. The molecule has 1 aliphatic rings. The summed E-state index contributed by atoms with van der Waals surface area (Å²) >= 11 is 0. The van der Waals surface area contributed by atoms with Crippen molar-refractivity contribution in [2.24, 2.45) is 0 Å². The van der Waals surface area contributed by atoms with E-state index >= 15 is 0 Å². The molecule has 13 nitrogen and oxygen atoms in total. The molecule has 1 fully saturated rings. The second kappa shape index (κ2) is 37.6. The molecule has 1 rings (SSSR count). The first-order chi connectivity index (χ1) is 30.4. The molecular formula is C49H75O13P. The first-order valence-electron chi connectivity index (χ1n) is 22.4. The summed E-state index contributed by atoms with van der Waals surface area (Å²) < 4.78 is 33.4. The number of rotatable bonds is 34. The van der Waals surface area contributed by atoms with Crippen LogP contribution in [0.5, 0.6) is 0 Å². The topological polar surface area (TPSA) is 210 Å². The number of carbonyl (C=O) groups excluding carboxylic acids is 2. The lowest BCUT2D eigenvalue weighted by molar-refractivity contribution is -0.220. The van der Waals surface area contributed by atoms with Gasteiger partial charge in [0.15, 0.2) is 6.10 Å². The highest BCUT2D eigenvalue weighted by molar-refractivity contribution is 7.47. The van der Waals surface area contributed by atoms with Crippen molar-refractivity contribution in [3.63, 3.8) is 0 Å². The average Bonchev–Trinajstić information content (AvgIpc) is 3.26. The highest BCUT2D eigenvalue weighted by Gasteiger charge is 2.51. The minimum absolute atomic E-state index is 0.0424. The van der Waals surface area contributed by atoms with Crippen LogP contribution < -0.4 is 0 Å². The monoisotopic (exact) mass is 902 g/mol. The Hall–Kier alpha value is -3.75. The molecule has 0 aliphatic heterocycles. The molecule has 0 amide bonds. The van der Waals surface area contributed by atoms with E-state index in [-0.39, 0.29) is 12.8 Å². The Bertz CT molecular complexity index is 1560. The third kappa shape index (κ3) is 30.1. The SMILES string of the molecule is CC/C=C/C=C/C=C/C=C/CCCCCCCC(=O)OC[C@H](COP(=O)(O)OC1C(O)C(O)C(O)[C@@H](O)C1O)OC(=O)CC/C=C/C/C=C/C/C=C/C/C=C/C/C=C/C/C=C/CC. The summed E-state index contributed by atoms with van der Waals surface area (Å²) in [5.74, 6) is -1.24. The van der Waals surface area contributed by atoms with Gasteiger partial charge in [-0.3, -0.25) is 18.6 Å². The molecule has 0 aromatic carbocycles. The summed E-state index contributed by atoms with van der Waals surface area (Å²) in [5, 5.41) is 50.1. The minimum atomic E-state index is -5.15. The van der Waals surface area contributed by atoms with E-state index in [1.165, 1.54) is 0 Å². The Morgan fingerprint density at radius 2 is 0.968 bits per heavy atom. The molecule has 1 saturated carbocycles. The predicted molar refractivity (Wildman–Crippen MR) is 248 cm³/mol. The van der Waals surface area contributed by atoms with Gasteiger partial charge in [0.05, 0.1) is 6.61 Å². The average molecular weight is 903 g/mol. The molecule has 0 aromatic rings. The highest BCUT2D eigenvalue weighted by Crippen LogP contribution is 2.47. The largest absolute Gasteiger partial charge is 0.472 e. The Kier molecular flexibility index (Phi) is 34.2. The van der Waals surface area contributed by atoms with Crippen LogP contribution in [0.4, 0.5) is 0 Å². The van der Waals surface area contributed by atoms with Crippen LogP contribution in [-0.4, -0.2) is 98.3 Å². The molecule has 6 N–H and O–H groups in total. The summed E-state index contributed by atoms with van der Waals surface area (Å²) in [5.41, 5.74) is 0. The van der Waals surface area contributed by atoms with Gasteiger partial charge in [-0.25, -0.2) is 4.57 Å². The summed E-state index contributed by atoms with van der Waals surface area (Å²) in [6.45, 7) is 2.94. The normalized spacial score (nSPS) is 22.9. The van der Waals surface area contributed by atoms with Crippen LogP contribution in [-0.2, 0) is 32.7 Å². The molecule has 6 unspecified atom stereocenters. The zero-order valence-corrected chi connectivity index (χ0v) is 38.2. The van der Waals surface area contributed by atoms with Crippen molar-refractivity contribution in [1.82, 2.24) is 0 Å². The number of phosphoric acid groups is 1. The molecule has 8 atom stereocenters. The Balaban J connectivity index is 2.56. The lowest BCUT2D eigenvalue weighted by Crippen LogP contribution is -2.64. The van der Waals surface area contributed by atoms with Gasteiger partial charge in [-0.1, -0.05) is 155 Å². The van der Waals surface area contributed by atoms with Crippen molar-refractivity contribution >= 4 is 19.8 Å². The lowest BCUT2D eigenvalue weighted by Gasteiger charge is -2.41. The Morgan fingerprint density at radius 3 is 1.52 bits per heavy atom. The molecule has 0 bridgehead atoms. The number of phosphoric ester groups is 1. The highest BCUT2D eigenvalue weighted by atomic mass is 31.2. The smallest absolute Gasteiger partial charge is 0.462 e. The summed E-state index contributed by atoms with van der Waals surface area (Å²) in [6, 6.07) is 0. The lowest BCUT2D eigenvalue weighted by atomic mass is 9.85. The molecule has 354 valence electrons. The first kappa shape index (κ1) is 57.3. The fourth-order valence-electron chi connectivity index (χ4n) is 5.85. The first-order valence-corrected chi connectivity index (χ1v) is 23.9. The maximum atomic E-state index is 12.8. The van der Waals surface area contributed by atoms with Crippen LogP contribution in [0.1, 0.15) is 117 Å². The van der Waals surface area contributed by atoms with E-state index < -0.39 is 75.7 Å². The van der Waals surface area contributed by atoms with Crippen molar-refractivity contribution in [3.8, 4) is 0 Å². The van der Waals surface area contributed by atoms with E-state index in [1.807, 2.05) is 54.7 Å². The number of hydrogen-bond donors (Lipinski definition) is 6. The maximum absolute atomic E-state index is 12.8. The summed E-state index contributed by atoms with van der Waals surface area (Å²) in [7, 11) is -5.15. The number of unbranched alkanes of at least 4 members (excludes halogenated alkanes) is 5. The van der Waals surface area contributed by atoms with E-state index in [4.69, 9.17) is 18.5 Å². The fraction of sp³-hybridized carbons (Fsp3) is 0.551. The number of hydrogen-bond acceptors (Lipinski definition) is 12. The molecule has 0 aromatic heterocycles. The van der Waals surface area contributed by atoms with Gasteiger partial charge in [0, 0.05) is 12.8 Å². The second-order valence-electron chi connectivity index (χ2n) is 14.9. The van der Waals surface area contributed by atoms with E-state index in [2.05, 4.69) is 80.7 Å².